The second-order valence-corrected chi connectivity index (χ2v) is 4.28. The van der Waals surface area contributed by atoms with Crippen molar-refractivity contribution in [3.63, 3.8) is 0 Å². The lowest BCUT2D eigenvalue weighted by Crippen LogP contribution is -2.38. The normalized spacial score (nSPS) is 12.1. The molecule has 3 nitrogen and oxygen atoms in total. The van der Waals surface area contributed by atoms with Gasteiger partial charge in [0, 0.05) is 0 Å². The molecule has 1 atom stereocenters. The molecule has 0 spiro atoms. The van der Waals surface area contributed by atoms with Crippen molar-refractivity contribution in [1.29, 1.82) is 0 Å². The number of carbonyl (C=O) groups is 1. The van der Waals surface area contributed by atoms with Gasteiger partial charge in [0.1, 0.15) is 0 Å². The second kappa shape index (κ2) is 5.47. The van der Waals surface area contributed by atoms with Crippen molar-refractivity contribution < 1.29 is 4.79 Å². The topological polar surface area (TPSA) is 69.1 Å². The van der Waals surface area contributed by atoms with Gasteiger partial charge in [-0.3, -0.25) is 4.79 Å². The van der Waals surface area contributed by atoms with Gasteiger partial charge in [-0.1, -0.05) is 54.6 Å². The summed E-state index contributed by atoms with van der Waals surface area (Å²) in [5.74, 6) is -0.470. The molecule has 2 rings (SSSR count). The Labute approximate surface area is 106 Å². The molecule has 4 N–H and O–H groups in total. The fraction of sp³-hybridized carbons (Fsp3) is 0.133. The third-order valence-electron chi connectivity index (χ3n) is 2.88. The molecule has 3 heteroatoms. The van der Waals surface area contributed by atoms with Crippen molar-refractivity contribution in [3.8, 4) is 11.1 Å². The van der Waals surface area contributed by atoms with Gasteiger partial charge in [-0.25, -0.2) is 0 Å². The lowest BCUT2D eigenvalue weighted by atomic mass is 10.0. The minimum atomic E-state index is -0.618. The number of hydrogen-bond donors (Lipinski definition) is 2. The van der Waals surface area contributed by atoms with Crippen molar-refractivity contribution in [2.24, 2.45) is 11.5 Å². The van der Waals surface area contributed by atoms with Crippen LogP contribution >= 0.6 is 0 Å². The highest BCUT2D eigenvalue weighted by Gasteiger charge is 2.09. The van der Waals surface area contributed by atoms with Crippen LogP contribution in [0.25, 0.3) is 11.1 Å². The van der Waals surface area contributed by atoms with E-state index in [9.17, 15) is 4.79 Å². The highest BCUT2D eigenvalue weighted by atomic mass is 16.1. The monoisotopic (exact) mass is 240 g/mol. The third-order valence-corrected chi connectivity index (χ3v) is 2.88. The molecule has 0 unspecified atom stereocenters. The number of primary amides is 1. The van der Waals surface area contributed by atoms with Gasteiger partial charge >= 0.3 is 0 Å². The molecule has 2 aromatic rings. The zero-order valence-corrected chi connectivity index (χ0v) is 10.0. The van der Waals surface area contributed by atoms with Crippen LogP contribution in [0, 0.1) is 0 Å². The van der Waals surface area contributed by atoms with E-state index in [4.69, 9.17) is 11.5 Å². The van der Waals surface area contributed by atoms with Crippen molar-refractivity contribution in [1.82, 2.24) is 0 Å². The van der Waals surface area contributed by atoms with Gasteiger partial charge in [-0.05, 0) is 23.1 Å². The molecular weight excluding hydrogens is 224 g/mol. The molecule has 92 valence electrons. The predicted octanol–water partition coefficient (Wildman–Crippen LogP) is 1.71. The van der Waals surface area contributed by atoms with Gasteiger partial charge in [0.15, 0.2) is 0 Å². The number of benzene rings is 2. The van der Waals surface area contributed by atoms with Gasteiger partial charge in [0.2, 0.25) is 5.91 Å². The van der Waals surface area contributed by atoms with Crippen LogP contribution in [0.2, 0.25) is 0 Å². The van der Waals surface area contributed by atoms with Crippen molar-refractivity contribution in [3.05, 3.63) is 60.2 Å². The maximum atomic E-state index is 10.9. The van der Waals surface area contributed by atoms with Crippen molar-refractivity contribution >= 4 is 5.91 Å². The molecule has 0 fully saturated rings. The van der Waals surface area contributed by atoms with Gasteiger partial charge < -0.3 is 11.5 Å². The Hall–Kier alpha value is -2.13. The summed E-state index contributed by atoms with van der Waals surface area (Å²) >= 11 is 0. The van der Waals surface area contributed by atoms with Crippen molar-refractivity contribution in [2.75, 3.05) is 0 Å². The summed E-state index contributed by atoms with van der Waals surface area (Å²) in [6.45, 7) is 0. The van der Waals surface area contributed by atoms with E-state index in [0.717, 1.165) is 11.1 Å². The molecule has 0 aliphatic carbocycles. The fourth-order valence-corrected chi connectivity index (χ4v) is 1.82. The summed E-state index contributed by atoms with van der Waals surface area (Å²) in [6, 6.07) is 17.5. The highest BCUT2D eigenvalue weighted by Crippen LogP contribution is 2.19. The molecule has 0 aliphatic rings. The van der Waals surface area contributed by atoms with Crippen LogP contribution in [-0.4, -0.2) is 11.9 Å². The van der Waals surface area contributed by atoms with Crippen LogP contribution in [-0.2, 0) is 11.2 Å². The molecule has 1 amide bonds. The summed E-state index contributed by atoms with van der Waals surface area (Å²) in [5.41, 5.74) is 14.1. The van der Waals surface area contributed by atoms with E-state index in [2.05, 4.69) is 12.1 Å². The van der Waals surface area contributed by atoms with E-state index in [1.165, 1.54) is 5.56 Å². The standard InChI is InChI=1S/C15H16N2O/c16-14(15(17)18)10-11-6-8-13(9-7-11)12-4-2-1-3-5-12/h1-9,14H,10,16H2,(H2,17,18)/t14-/m1/s1. The minimum absolute atomic E-state index is 0.470. The molecule has 18 heavy (non-hydrogen) atoms. The third kappa shape index (κ3) is 2.96. The van der Waals surface area contributed by atoms with Crippen LogP contribution in [0.5, 0.6) is 0 Å². The smallest absolute Gasteiger partial charge is 0.234 e. The molecule has 0 saturated carbocycles. The van der Waals surface area contributed by atoms with Crippen LogP contribution in [0.4, 0.5) is 0 Å². The molecule has 0 bridgehead atoms. The van der Waals surface area contributed by atoms with E-state index in [-0.39, 0.29) is 0 Å². The Balaban J connectivity index is 2.13. The first kappa shape index (κ1) is 12.3. The SMILES string of the molecule is NC(=O)[C@H](N)Cc1ccc(-c2ccccc2)cc1. The zero-order chi connectivity index (χ0) is 13.0. The number of hydrogen-bond acceptors (Lipinski definition) is 2. The molecule has 0 aromatic heterocycles. The molecular formula is C15H16N2O. The number of amides is 1. The summed E-state index contributed by atoms with van der Waals surface area (Å²) < 4.78 is 0. The van der Waals surface area contributed by atoms with Crippen LogP contribution in [0.1, 0.15) is 5.56 Å². The molecule has 0 saturated heterocycles. The van der Waals surface area contributed by atoms with Crippen LogP contribution < -0.4 is 11.5 Å². The van der Waals surface area contributed by atoms with Gasteiger partial charge in [0.05, 0.1) is 6.04 Å². The molecule has 2 aromatic carbocycles. The molecule has 0 heterocycles. The van der Waals surface area contributed by atoms with Gasteiger partial charge in [0.25, 0.3) is 0 Å². The first-order valence-corrected chi connectivity index (χ1v) is 5.86. The Kier molecular flexibility index (Phi) is 3.75. The highest BCUT2D eigenvalue weighted by molar-refractivity contribution is 5.79. The molecule has 0 radical (unpaired) electrons. The van der Waals surface area contributed by atoms with Gasteiger partial charge in [-0.15, -0.1) is 0 Å². The maximum Gasteiger partial charge on any atom is 0.234 e. The van der Waals surface area contributed by atoms with Crippen molar-refractivity contribution in [2.45, 2.75) is 12.5 Å². The number of carbonyl (C=O) groups excluding carboxylic acids is 1. The quantitative estimate of drug-likeness (QED) is 0.854. The Morgan fingerprint density at radius 3 is 2.06 bits per heavy atom. The lowest BCUT2D eigenvalue weighted by Gasteiger charge is -2.08. The van der Waals surface area contributed by atoms with E-state index < -0.39 is 11.9 Å². The second-order valence-electron chi connectivity index (χ2n) is 4.28. The maximum absolute atomic E-state index is 10.9. The largest absolute Gasteiger partial charge is 0.368 e. The van der Waals surface area contributed by atoms with E-state index in [1.807, 2.05) is 42.5 Å². The fourth-order valence-electron chi connectivity index (χ4n) is 1.82. The summed E-state index contributed by atoms with van der Waals surface area (Å²) in [5, 5.41) is 0. The Morgan fingerprint density at radius 1 is 0.944 bits per heavy atom. The average Bonchev–Trinajstić information content (AvgIpc) is 2.40. The lowest BCUT2D eigenvalue weighted by molar-refractivity contribution is -0.119. The number of rotatable bonds is 4. The predicted molar refractivity (Wildman–Crippen MR) is 72.8 cm³/mol. The minimum Gasteiger partial charge on any atom is -0.368 e. The molecule has 0 aliphatic heterocycles. The first-order chi connectivity index (χ1) is 8.66. The Morgan fingerprint density at radius 2 is 1.50 bits per heavy atom. The number of nitrogens with two attached hydrogens (primary N) is 2. The van der Waals surface area contributed by atoms with Gasteiger partial charge in [-0.2, -0.15) is 0 Å². The summed E-state index contributed by atoms with van der Waals surface area (Å²) in [7, 11) is 0. The van der Waals surface area contributed by atoms with E-state index in [0.29, 0.717) is 6.42 Å². The van der Waals surface area contributed by atoms with E-state index in [1.54, 1.807) is 0 Å². The Bertz CT molecular complexity index is 520. The summed E-state index contributed by atoms with van der Waals surface area (Å²) in [6.07, 6.45) is 0.477. The first-order valence-electron chi connectivity index (χ1n) is 5.86. The summed E-state index contributed by atoms with van der Waals surface area (Å²) in [4.78, 5) is 10.9. The van der Waals surface area contributed by atoms with E-state index >= 15 is 0 Å². The zero-order valence-electron chi connectivity index (χ0n) is 10.0. The average molecular weight is 240 g/mol. The van der Waals surface area contributed by atoms with Crippen LogP contribution in [0.3, 0.4) is 0 Å². The van der Waals surface area contributed by atoms with Crippen LogP contribution in [0.15, 0.2) is 54.6 Å².